The molecule has 3 heteroatoms. The summed E-state index contributed by atoms with van der Waals surface area (Å²) in [6.45, 7) is 7.18. The molecular weight excluding hydrogens is 178 g/mol. The maximum atomic E-state index is 5.90. The molecule has 0 aromatic rings. The summed E-state index contributed by atoms with van der Waals surface area (Å²) in [5.74, 6) is -0.373. The van der Waals surface area contributed by atoms with Crippen LogP contribution < -0.4 is 5.32 Å². The van der Waals surface area contributed by atoms with Crippen molar-refractivity contribution in [2.75, 3.05) is 6.54 Å². The van der Waals surface area contributed by atoms with Crippen LogP contribution in [0.25, 0.3) is 0 Å². The Morgan fingerprint density at radius 3 is 2.86 bits per heavy atom. The van der Waals surface area contributed by atoms with Crippen LogP contribution in [0.5, 0.6) is 0 Å². The molecule has 3 atom stereocenters. The van der Waals surface area contributed by atoms with Crippen molar-refractivity contribution in [1.82, 2.24) is 5.32 Å². The summed E-state index contributed by atoms with van der Waals surface area (Å²) < 4.78 is 11.7. The first-order chi connectivity index (χ1) is 6.62. The highest BCUT2D eigenvalue weighted by molar-refractivity contribution is 4.97. The van der Waals surface area contributed by atoms with Crippen LogP contribution in [0.3, 0.4) is 0 Å². The van der Waals surface area contributed by atoms with Gasteiger partial charge in [-0.1, -0.05) is 19.8 Å². The smallest absolute Gasteiger partial charge is 0.163 e. The lowest BCUT2D eigenvalue weighted by Crippen LogP contribution is -2.35. The van der Waals surface area contributed by atoms with Crippen LogP contribution in [-0.2, 0) is 9.47 Å². The summed E-state index contributed by atoms with van der Waals surface area (Å²) in [4.78, 5) is 0. The second-order valence-electron chi connectivity index (χ2n) is 4.80. The van der Waals surface area contributed by atoms with Gasteiger partial charge < -0.3 is 14.8 Å². The van der Waals surface area contributed by atoms with E-state index in [9.17, 15) is 0 Å². The van der Waals surface area contributed by atoms with Crippen LogP contribution in [0, 0.1) is 0 Å². The summed E-state index contributed by atoms with van der Waals surface area (Å²) in [6, 6.07) is 0.502. The number of nitrogens with one attached hydrogen (secondary N) is 1. The number of unbranched alkanes of at least 4 members (excludes halogenated alkanes) is 1. The minimum absolute atomic E-state index is 0.270. The molecule has 0 bridgehead atoms. The maximum absolute atomic E-state index is 5.90. The second kappa shape index (κ2) is 3.80. The highest BCUT2D eigenvalue weighted by atomic mass is 16.8. The molecule has 14 heavy (non-hydrogen) atoms. The molecule has 0 saturated carbocycles. The molecule has 2 fully saturated rings. The average Bonchev–Trinajstić information content (AvgIpc) is 2.57. The normalized spacial score (nSPS) is 40.1. The monoisotopic (exact) mass is 199 g/mol. The summed E-state index contributed by atoms with van der Waals surface area (Å²) in [6.07, 6.45) is 4.27. The van der Waals surface area contributed by atoms with E-state index in [2.05, 4.69) is 12.2 Å². The van der Waals surface area contributed by atoms with Crippen molar-refractivity contribution in [3.8, 4) is 0 Å². The van der Waals surface area contributed by atoms with E-state index in [0.29, 0.717) is 6.04 Å². The zero-order chi connectivity index (χ0) is 10.2. The van der Waals surface area contributed by atoms with E-state index in [-0.39, 0.29) is 18.0 Å². The lowest BCUT2D eigenvalue weighted by atomic mass is 10.1. The third-order valence-corrected chi connectivity index (χ3v) is 3.07. The van der Waals surface area contributed by atoms with Crippen LogP contribution in [0.1, 0.15) is 40.0 Å². The number of ether oxygens (including phenoxy) is 2. The molecule has 2 rings (SSSR count). The van der Waals surface area contributed by atoms with Gasteiger partial charge in [-0.15, -0.1) is 0 Å². The first-order valence-corrected chi connectivity index (χ1v) is 5.71. The topological polar surface area (TPSA) is 30.5 Å². The highest BCUT2D eigenvalue weighted by Gasteiger charge is 2.48. The van der Waals surface area contributed by atoms with Crippen molar-refractivity contribution >= 4 is 0 Å². The Hall–Kier alpha value is -0.120. The lowest BCUT2D eigenvalue weighted by Gasteiger charge is -2.22. The lowest BCUT2D eigenvalue weighted by molar-refractivity contribution is -0.153. The van der Waals surface area contributed by atoms with Crippen molar-refractivity contribution in [2.45, 2.75) is 64.1 Å². The predicted octanol–water partition coefficient (Wildman–Crippen LogP) is 1.67. The summed E-state index contributed by atoms with van der Waals surface area (Å²) >= 11 is 0. The Labute approximate surface area is 86.2 Å². The van der Waals surface area contributed by atoms with Crippen molar-refractivity contribution in [3.63, 3.8) is 0 Å². The third kappa shape index (κ3) is 1.95. The van der Waals surface area contributed by atoms with Gasteiger partial charge in [0.25, 0.3) is 0 Å². The molecule has 2 saturated heterocycles. The standard InChI is InChI=1S/C11H21NO2/c1-4-5-6-8-10-9(7-12-8)13-11(2,3)14-10/h8-10,12H,4-7H2,1-3H3/t8-,9+,10-/m0/s1. The van der Waals surface area contributed by atoms with Gasteiger partial charge >= 0.3 is 0 Å². The summed E-state index contributed by atoms with van der Waals surface area (Å²) in [7, 11) is 0. The van der Waals surface area contributed by atoms with E-state index in [1.54, 1.807) is 0 Å². The van der Waals surface area contributed by atoms with E-state index in [1.807, 2.05) is 13.8 Å². The Morgan fingerprint density at radius 1 is 1.36 bits per heavy atom. The second-order valence-corrected chi connectivity index (χ2v) is 4.80. The van der Waals surface area contributed by atoms with E-state index in [0.717, 1.165) is 6.54 Å². The average molecular weight is 199 g/mol. The Bertz CT molecular complexity index is 205. The molecular formula is C11H21NO2. The number of rotatable bonds is 3. The van der Waals surface area contributed by atoms with Gasteiger partial charge in [0.2, 0.25) is 0 Å². The summed E-state index contributed by atoms with van der Waals surface area (Å²) in [5, 5.41) is 3.48. The van der Waals surface area contributed by atoms with Crippen LogP contribution >= 0.6 is 0 Å². The largest absolute Gasteiger partial charge is 0.343 e. The highest BCUT2D eigenvalue weighted by Crippen LogP contribution is 2.33. The first kappa shape index (κ1) is 10.4. The molecule has 0 aliphatic carbocycles. The molecule has 1 N–H and O–H groups in total. The molecule has 0 unspecified atom stereocenters. The van der Waals surface area contributed by atoms with Gasteiger partial charge in [-0.25, -0.2) is 0 Å². The minimum Gasteiger partial charge on any atom is -0.343 e. The van der Waals surface area contributed by atoms with Crippen molar-refractivity contribution in [1.29, 1.82) is 0 Å². The Kier molecular flexibility index (Phi) is 2.82. The van der Waals surface area contributed by atoms with Crippen molar-refractivity contribution < 1.29 is 9.47 Å². The van der Waals surface area contributed by atoms with Crippen LogP contribution in [0.2, 0.25) is 0 Å². The van der Waals surface area contributed by atoms with Gasteiger partial charge in [-0.2, -0.15) is 0 Å². The zero-order valence-electron chi connectivity index (χ0n) is 9.38. The molecule has 3 nitrogen and oxygen atoms in total. The van der Waals surface area contributed by atoms with Gasteiger partial charge in [-0.3, -0.25) is 0 Å². The van der Waals surface area contributed by atoms with Gasteiger partial charge in [0, 0.05) is 12.6 Å². The predicted molar refractivity (Wildman–Crippen MR) is 55.1 cm³/mol. The molecule has 0 aromatic heterocycles. The minimum atomic E-state index is -0.373. The first-order valence-electron chi connectivity index (χ1n) is 5.71. The van der Waals surface area contributed by atoms with E-state index in [4.69, 9.17) is 9.47 Å². The quantitative estimate of drug-likeness (QED) is 0.750. The van der Waals surface area contributed by atoms with Gasteiger partial charge in [0.05, 0.1) is 0 Å². The molecule has 0 amide bonds. The fraction of sp³-hybridized carbons (Fsp3) is 1.00. The van der Waals surface area contributed by atoms with E-state index < -0.39 is 0 Å². The van der Waals surface area contributed by atoms with Gasteiger partial charge in [-0.05, 0) is 20.3 Å². The van der Waals surface area contributed by atoms with Crippen LogP contribution in [-0.4, -0.2) is 30.6 Å². The molecule has 82 valence electrons. The third-order valence-electron chi connectivity index (χ3n) is 3.07. The fourth-order valence-electron chi connectivity index (χ4n) is 2.44. The summed E-state index contributed by atoms with van der Waals surface area (Å²) in [5.41, 5.74) is 0. The number of hydrogen-bond donors (Lipinski definition) is 1. The zero-order valence-corrected chi connectivity index (χ0v) is 9.38. The van der Waals surface area contributed by atoms with Crippen molar-refractivity contribution in [3.05, 3.63) is 0 Å². The van der Waals surface area contributed by atoms with Gasteiger partial charge in [0.15, 0.2) is 5.79 Å². The van der Waals surface area contributed by atoms with E-state index in [1.165, 1.54) is 19.3 Å². The van der Waals surface area contributed by atoms with E-state index >= 15 is 0 Å². The van der Waals surface area contributed by atoms with Crippen LogP contribution in [0.15, 0.2) is 0 Å². The molecule has 2 aliphatic rings. The Morgan fingerprint density at radius 2 is 2.14 bits per heavy atom. The molecule has 2 aliphatic heterocycles. The number of hydrogen-bond acceptors (Lipinski definition) is 3. The molecule has 2 heterocycles. The van der Waals surface area contributed by atoms with Gasteiger partial charge in [0.1, 0.15) is 12.2 Å². The molecule has 0 radical (unpaired) electrons. The fourth-order valence-corrected chi connectivity index (χ4v) is 2.44. The number of fused-ring (bicyclic) bond motifs is 1. The van der Waals surface area contributed by atoms with Crippen LogP contribution in [0.4, 0.5) is 0 Å². The maximum Gasteiger partial charge on any atom is 0.163 e. The van der Waals surface area contributed by atoms with Crippen molar-refractivity contribution in [2.24, 2.45) is 0 Å². The SMILES string of the molecule is CCCC[C@@H]1NC[C@H]2OC(C)(C)O[C@@H]12. The molecule has 0 spiro atoms. The Balaban J connectivity index is 1.91. The molecule has 0 aromatic carbocycles.